The van der Waals surface area contributed by atoms with Crippen LogP contribution in [0.3, 0.4) is 0 Å². The van der Waals surface area contributed by atoms with Crippen molar-refractivity contribution in [2.45, 2.75) is 166 Å². The fourth-order valence-corrected chi connectivity index (χ4v) is 4.77. The molecule has 1 amide bonds. The number of unbranched alkanes of at least 4 members (excludes halogenated alkanes) is 18. The highest BCUT2D eigenvalue weighted by Crippen LogP contribution is 2.34. The maximum absolute atomic E-state index is 11.3. The average molecular weight is 488 g/mol. The SMILES string of the molecule is CCCCCCCCCCCCC(O)(CCCCCCCCCCCC)C(O)(CO)OC(N)=O. The van der Waals surface area contributed by atoms with E-state index in [1.165, 1.54) is 89.9 Å². The predicted molar refractivity (Wildman–Crippen MR) is 141 cm³/mol. The van der Waals surface area contributed by atoms with E-state index < -0.39 is 24.1 Å². The van der Waals surface area contributed by atoms with E-state index in [4.69, 9.17) is 10.5 Å². The Bertz CT molecular complexity index is 450. The quantitative estimate of drug-likeness (QED) is 0.0809. The minimum Gasteiger partial charge on any atom is -0.411 e. The van der Waals surface area contributed by atoms with Crippen molar-refractivity contribution in [3.63, 3.8) is 0 Å². The normalized spacial score (nSPS) is 13.7. The minimum absolute atomic E-state index is 0.269. The van der Waals surface area contributed by atoms with E-state index in [9.17, 15) is 20.1 Å². The van der Waals surface area contributed by atoms with Crippen molar-refractivity contribution in [3.05, 3.63) is 0 Å². The molecule has 0 rings (SSSR count). The Balaban J connectivity index is 4.38. The molecule has 0 heterocycles. The summed E-state index contributed by atoms with van der Waals surface area (Å²) in [5, 5.41) is 31.8. The lowest BCUT2D eigenvalue weighted by Gasteiger charge is -2.41. The number of hydrogen-bond acceptors (Lipinski definition) is 5. The number of primary amides is 1. The van der Waals surface area contributed by atoms with E-state index in [1.807, 2.05) is 0 Å². The Morgan fingerprint density at radius 1 is 0.618 bits per heavy atom. The molecule has 0 radical (unpaired) electrons. The summed E-state index contributed by atoms with van der Waals surface area (Å²) in [6, 6.07) is 0. The first-order valence-corrected chi connectivity index (χ1v) is 14.4. The topological polar surface area (TPSA) is 113 Å². The zero-order valence-electron chi connectivity index (χ0n) is 22.5. The molecular weight excluding hydrogens is 430 g/mol. The molecule has 1 unspecified atom stereocenters. The van der Waals surface area contributed by atoms with Crippen LogP contribution in [0.1, 0.15) is 155 Å². The van der Waals surface area contributed by atoms with Crippen molar-refractivity contribution < 1.29 is 24.9 Å². The number of carbonyl (C=O) groups is 1. The van der Waals surface area contributed by atoms with Crippen LogP contribution in [-0.4, -0.2) is 39.4 Å². The van der Waals surface area contributed by atoms with E-state index in [0.29, 0.717) is 12.8 Å². The highest BCUT2D eigenvalue weighted by molar-refractivity contribution is 5.65. The molecular formula is C28H57NO5. The van der Waals surface area contributed by atoms with Crippen molar-refractivity contribution in [2.75, 3.05) is 6.61 Å². The van der Waals surface area contributed by atoms with Crippen molar-refractivity contribution in [1.29, 1.82) is 0 Å². The summed E-state index contributed by atoms with van der Waals surface area (Å²) in [5.74, 6) is -2.36. The molecule has 0 aromatic heterocycles. The summed E-state index contributed by atoms with van der Waals surface area (Å²) in [7, 11) is 0. The van der Waals surface area contributed by atoms with Gasteiger partial charge in [-0.25, -0.2) is 4.79 Å². The van der Waals surface area contributed by atoms with Gasteiger partial charge in [-0.3, -0.25) is 0 Å². The van der Waals surface area contributed by atoms with E-state index in [1.54, 1.807) is 0 Å². The number of nitrogens with two attached hydrogens (primary N) is 1. The molecule has 1 atom stereocenters. The van der Waals surface area contributed by atoms with Crippen LogP contribution in [0.5, 0.6) is 0 Å². The molecule has 204 valence electrons. The van der Waals surface area contributed by atoms with Crippen molar-refractivity contribution in [1.82, 2.24) is 0 Å². The van der Waals surface area contributed by atoms with Crippen LogP contribution in [-0.2, 0) is 4.74 Å². The lowest BCUT2D eigenvalue weighted by atomic mass is 9.82. The number of carbonyl (C=O) groups excluding carboxylic acids is 1. The third kappa shape index (κ3) is 15.9. The molecule has 34 heavy (non-hydrogen) atoms. The number of aliphatic hydroxyl groups excluding tert-OH is 1. The molecule has 0 aromatic carbocycles. The highest BCUT2D eigenvalue weighted by atomic mass is 16.7. The Hall–Kier alpha value is -0.850. The standard InChI is InChI=1S/C28H57NO5/c1-3-5-7-9-11-13-15-17-19-21-23-27(32,28(33,25-30)34-26(29)31)24-22-20-18-16-14-12-10-8-6-4-2/h30,32-33H,3-25H2,1-2H3,(H2,29,31). The largest absolute Gasteiger partial charge is 0.411 e. The van der Waals surface area contributed by atoms with Crippen molar-refractivity contribution >= 4 is 6.09 Å². The first kappa shape index (κ1) is 33.1. The summed E-state index contributed by atoms with van der Waals surface area (Å²) in [5.41, 5.74) is 3.42. The van der Waals surface area contributed by atoms with Gasteiger partial charge in [0.1, 0.15) is 12.2 Å². The Labute approximate surface area is 210 Å². The van der Waals surface area contributed by atoms with Gasteiger partial charge in [0.15, 0.2) is 0 Å². The lowest BCUT2D eigenvalue weighted by Crippen LogP contribution is -2.60. The molecule has 0 aromatic rings. The first-order chi connectivity index (χ1) is 16.3. The molecule has 0 fully saturated rings. The van der Waals surface area contributed by atoms with E-state index >= 15 is 0 Å². The fraction of sp³-hybridized carbons (Fsp3) is 0.964. The van der Waals surface area contributed by atoms with Crippen LogP contribution in [0, 0.1) is 0 Å². The van der Waals surface area contributed by atoms with Gasteiger partial charge in [0.05, 0.1) is 0 Å². The smallest absolute Gasteiger partial charge is 0.407 e. The Kier molecular flexibility index (Phi) is 20.9. The molecule has 0 aliphatic heterocycles. The van der Waals surface area contributed by atoms with Crippen molar-refractivity contribution in [3.8, 4) is 0 Å². The molecule has 0 aliphatic carbocycles. The van der Waals surface area contributed by atoms with Crippen LogP contribution in [0.4, 0.5) is 4.79 Å². The second kappa shape index (κ2) is 21.4. The zero-order valence-corrected chi connectivity index (χ0v) is 22.5. The first-order valence-electron chi connectivity index (χ1n) is 14.4. The minimum atomic E-state index is -2.36. The molecule has 5 N–H and O–H groups in total. The Morgan fingerprint density at radius 2 is 0.912 bits per heavy atom. The Morgan fingerprint density at radius 3 is 1.18 bits per heavy atom. The number of ether oxygens (including phenoxy) is 1. The van der Waals surface area contributed by atoms with Gasteiger partial charge in [-0.15, -0.1) is 0 Å². The fourth-order valence-electron chi connectivity index (χ4n) is 4.77. The van der Waals surface area contributed by atoms with Crippen LogP contribution >= 0.6 is 0 Å². The molecule has 0 bridgehead atoms. The van der Waals surface area contributed by atoms with Crippen LogP contribution in [0.2, 0.25) is 0 Å². The molecule has 6 heteroatoms. The number of amides is 1. The molecule has 6 nitrogen and oxygen atoms in total. The summed E-state index contributed by atoms with van der Waals surface area (Å²) in [6.45, 7) is 3.58. The van der Waals surface area contributed by atoms with Crippen LogP contribution in [0.25, 0.3) is 0 Å². The predicted octanol–water partition coefficient (Wildman–Crippen LogP) is 7.12. The maximum atomic E-state index is 11.3. The summed E-state index contributed by atoms with van der Waals surface area (Å²) < 4.78 is 4.83. The van der Waals surface area contributed by atoms with E-state index in [-0.39, 0.29) is 12.8 Å². The average Bonchev–Trinajstić information content (AvgIpc) is 2.81. The third-order valence-corrected chi connectivity index (χ3v) is 7.10. The van der Waals surface area contributed by atoms with Gasteiger partial charge in [-0.1, -0.05) is 142 Å². The maximum Gasteiger partial charge on any atom is 0.407 e. The van der Waals surface area contributed by atoms with Gasteiger partial charge in [0.25, 0.3) is 5.79 Å². The van der Waals surface area contributed by atoms with Crippen LogP contribution < -0.4 is 5.73 Å². The molecule has 0 saturated carbocycles. The number of rotatable bonds is 25. The molecule has 0 saturated heterocycles. The number of hydrogen-bond donors (Lipinski definition) is 4. The highest BCUT2D eigenvalue weighted by Gasteiger charge is 2.51. The van der Waals surface area contributed by atoms with Gasteiger partial charge in [-0.05, 0) is 12.8 Å². The monoisotopic (exact) mass is 487 g/mol. The van der Waals surface area contributed by atoms with Gasteiger partial charge in [0, 0.05) is 0 Å². The third-order valence-electron chi connectivity index (χ3n) is 7.10. The summed E-state index contributed by atoms with van der Waals surface area (Å²) in [6.07, 6.45) is 22.6. The summed E-state index contributed by atoms with van der Waals surface area (Å²) in [4.78, 5) is 11.3. The van der Waals surface area contributed by atoms with Crippen molar-refractivity contribution in [2.24, 2.45) is 5.73 Å². The van der Waals surface area contributed by atoms with Gasteiger partial charge < -0.3 is 25.8 Å². The van der Waals surface area contributed by atoms with Gasteiger partial charge in [0.2, 0.25) is 0 Å². The van der Waals surface area contributed by atoms with Crippen LogP contribution in [0.15, 0.2) is 0 Å². The zero-order chi connectivity index (χ0) is 25.5. The lowest BCUT2D eigenvalue weighted by molar-refractivity contribution is -0.290. The second-order valence-corrected chi connectivity index (χ2v) is 10.3. The van der Waals surface area contributed by atoms with E-state index in [2.05, 4.69) is 13.8 Å². The second-order valence-electron chi connectivity index (χ2n) is 10.3. The summed E-state index contributed by atoms with van der Waals surface area (Å²) >= 11 is 0. The molecule has 0 aliphatic rings. The molecule has 0 spiro atoms. The van der Waals surface area contributed by atoms with Gasteiger partial charge in [-0.2, -0.15) is 0 Å². The van der Waals surface area contributed by atoms with E-state index in [0.717, 1.165) is 25.7 Å². The number of aliphatic hydroxyl groups is 3. The van der Waals surface area contributed by atoms with Gasteiger partial charge >= 0.3 is 6.09 Å².